The summed E-state index contributed by atoms with van der Waals surface area (Å²) in [5.41, 5.74) is -0.0382. The van der Waals surface area contributed by atoms with E-state index < -0.39 is 30.1 Å². The third-order valence-corrected chi connectivity index (χ3v) is 3.18. The number of hydrogen-bond acceptors (Lipinski definition) is 5. The van der Waals surface area contributed by atoms with Crippen LogP contribution in [0.5, 0.6) is 5.75 Å². The number of nitrogens with zero attached hydrogens (tertiary/aromatic N) is 1. The second kappa shape index (κ2) is 8.05. The quantitative estimate of drug-likeness (QED) is 0.788. The Balaban J connectivity index is 1.93. The molecule has 26 heavy (non-hydrogen) atoms. The number of aromatic nitrogens is 1. The molecule has 0 aliphatic carbocycles. The van der Waals surface area contributed by atoms with E-state index in [2.05, 4.69) is 15.0 Å². The van der Waals surface area contributed by atoms with Crippen molar-refractivity contribution in [3.8, 4) is 5.75 Å². The predicted molar refractivity (Wildman–Crippen MR) is 85.9 cm³/mol. The SMILES string of the molecule is C[C@H](OC(=O)c1ccc(OC(F)(F)F)cc1)C(=O)Nc1ccc(Cl)cn1. The zero-order valence-corrected chi connectivity index (χ0v) is 14.0. The minimum Gasteiger partial charge on any atom is -0.449 e. The maximum absolute atomic E-state index is 12.1. The normalized spacial score (nSPS) is 12.2. The molecule has 0 unspecified atom stereocenters. The van der Waals surface area contributed by atoms with Crippen LogP contribution in [0.1, 0.15) is 17.3 Å². The molecule has 0 aliphatic heterocycles. The summed E-state index contributed by atoms with van der Waals surface area (Å²) in [5, 5.41) is 2.82. The predicted octanol–water partition coefficient (Wildman–Crippen LogP) is 3.82. The second-order valence-electron chi connectivity index (χ2n) is 4.97. The van der Waals surface area contributed by atoms with Gasteiger partial charge in [-0.1, -0.05) is 11.6 Å². The van der Waals surface area contributed by atoms with Gasteiger partial charge < -0.3 is 14.8 Å². The highest BCUT2D eigenvalue weighted by molar-refractivity contribution is 6.30. The monoisotopic (exact) mass is 388 g/mol. The van der Waals surface area contributed by atoms with Crippen LogP contribution >= 0.6 is 11.6 Å². The molecule has 6 nitrogen and oxygen atoms in total. The summed E-state index contributed by atoms with van der Waals surface area (Å²) in [6.07, 6.45) is -4.66. The molecule has 1 N–H and O–H groups in total. The molecule has 1 atom stereocenters. The van der Waals surface area contributed by atoms with Gasteiger partial charge in [0.1, 0.15) is 11.6 Å². The summed E-state index contributed by atoms with van der Waals surface area (Å²) >= 11 is 5.68. The van der Waals surface area contributed by atoms with Gasteiger partial charge in [-0.15, -0.1) is 13.2 Å². The maximum atomic E-state index is 12.1. The first kappa shape index (κ1) is 19.5. The van der Waals surface area contributed by atoms with Crippen LogP contribution in [0.15, 0.2) is 42.6 Å². The largest absolute Gasteiger partial charge is 0.573 e. The average molecular weight is 389 g/mol. The minimum atomic E-state index is -4.83. The topological polar surface area (TPSA) is 77.5 Å². The van der Waals surface area contributed by atoms with Crippen LogP contribution in [0.4, 0.5) is 19.0 Å². The third kappa shape index (κ3) is 5.92. The van der Waals surface area contributed by atoms with Crippen molar-refractivity contribution in [2.24, 2.45) is 0 Å². The number of pyridine rings is 1. The van der Waals surface area contributed by atoms with E-state index in [1.165, 1.54) is 25.3 Å². The van der Waals surface area contributed by atoms with Gasteiger partial charge in [0.05, 0.1) is 10.6 Å². The fraction of sp³-hybridized carbons (Fsp3) is 0.188. The molecule has 0 bridgehead atoms. The lowest BCUT2D eigenvalue weighted by atomic mass is 10.2. The number of alkyl halides is 3. The van der Waals surface area contributed by atoms with Gasteiger partial charge in [0, 0.05) is 6.20 Å². The zero-order valence-electron chi connectivity index (χ0n) is 13.2. The van der Waals surface area contributed by atoms with E-state index in [4.69, 9.17) is 16.3 Å². The number of hydrogen-bond donors (Lipinski definition) is 1. The van der Waals surface area contributed by atoms with Crippen molar-refractivity contribution < 1.29 is 32.2 Å². The Morgan fingerprint density at radius 3 is 2.35 bits per heavy atom. The molecule has 0 fully saturated rings. The number of ether oxygens (including phenoxy) is 2. The highest BCUT2D eigenvalue weighted by Gasteiger charge is 2.31. The number of halogens is 4. The van der Waals surface area contributed by atoms with Crippen molar-refractivity contribution in [1.82, 2.24) is 4.98 Å². The van der Waals surface area contributed by atoms with E-state index in [1.807, 2.05) is 0 Å². The summed E-state index contributed by atoms with van der Waals surface area (Å²) < 4.78 is 44.9. The third-order valence-electron chi connectivity index (χ3n) is 2.96. The van der Waals surface area contributed by atoms with Crippen LogP contribution in [0.2, 0.25) is 5.02 Å². The van der Waals surface area contributed by atoms with Gasteiger partial charge in [-0.2, -0.15) is 0 Å². The fourth-order valence-corrected chi connectivity index (χ4v) is 1.86. The summed E-state index contributed by atoms with van der Waals surface area (Å²) in [4.78, 5) is 27.8. The molecule has 0 spiro atoms. The van der Waals surface area contributed by atoms with Crippen LogP contribution in [0.3, 0.4) is 0 Å². The van der Waals surface area contributed by atoms with E-state index in [0.29, 0.717) is 5.02 Å². The zero-order chi connectivity index (χ0) is 19.3. The molecule has 2 aromatic rings. The van der Waals surface area contributed by atoms with Crippen LogP contribution in [0.25, 0.3) is 0 Å². The molecule has 2 rings (SSSR count). The summed E-state index contributed by atoms with van der Waals surface area (Å²) in [6.45, 7) is 1.34. The van der Waals surface area contributed by atoms with Gasteiger partial charge in [-0.05, 0) is 43.3 Å². The van der Waals surface area contributed by atoms with Gasteiger partial charge in [0.25, 0.3) is 5.91 Å². The Bertz CT molecular complexity index is 780. The van der Waals surface area contributed by atoms with Gasteiger partial charge in [0.15, 0.2) is 6.10 Å². The van der Waals surface area contributed by atoms with Crippen molar-refractivity contribution >= 4 is 29.3 Å². The Hall–Kier alpha value is -2.81. The summed E-state index contributed by atoms with van der Waals surface area (Å²) in [6, 6.07) is 7.10. The Labute approximate surface area is 150 Å². The number of rotatable bonds is 5. The van der Waals surface area contributed by atoms with Gasteiger partial charge in [0.2, 0.25) is 0 Å². The number of nitrogens with one attached hydrogen (secondary N) is 1. The molecule has 0 aliphatic rings. The molecule has 0 saturated carbocycles. The van der Waals surface area contributed by atoms with Gasteiger partial charge in [-0.25, -0.2) is 9.78 Å². The highest BCUT2D eigenvalue weighted by atomic mass is 35.5. The maximum Gasteiger partial charge on any atom is 0.573 e. The van der Waals surface area contributed by atoms with Crippen molar-refractivity contribution in [2.75, 3.05) is 5.32 Å². The standard InChI is InChI=1S/C16H12ClF3N2O4/c1-9(14(23)22-13-7-4-11(17)8-21-13)25-15(24)10-2-5-12(6-3-10)26-16(18,19)20/h2-9H,1H3,(H,21,22,23)/t9-/m0/s1. The van der Waals surface area contributed by atoms with E-state index in [-0.39, 0.29) is 11.4 Å². The molecular formula is C16H12ClF3N2O4. The number of amides is 1. The molecule has 1 aromatic heterocycles. The number of benzene rings is 1. The molecular weight excluding hydrogens is 377 g/mol. The lowest BCUT2D eigenvalue weighted by molar-refractivity contribution is -0.274. The van der Waals surface area contributed by atoms with E-state index >= 15 is 0 Å². The van der Waals surface area contributed by atoms with Crippen molar-refractivity contribution in [1.29, 1.82) is 0 Å². The lowest BCUT2D eigenvalue weighted by Gasteiger charge is -2.13. The Morgan fingerprint density at radius 1 is 1.15 bits per heavy atom. The first-order chi connectivity index (χ1) is 12.1. The number of anilines is 1. The Morgan fingerprint density at radius 2 is 1.81 bits per heavy atom. The van der Waals surface area contributed by atoms with E-state index in [9.17, 15) is 22.8 Å². The smallest absolute Gasteiger partial charge is 0.449 e. The van der Waals surface area contributed by atoms with Crippen LogP contribution in [-0.2, 0) is 9.53 Å². The average Bonchev–Trinajstić information content (AvgIpc) is 2.56. The molecule has 1 amide bonds. The van der Waals surface area contributed by atoms with E-state index in [1.54, 1.807) is 0 Å². The van der Waals surface area contributed by atoms with Gasteiger partial charge >= 0.3 is 12.3 Å². The first-order valence-electron chi connectivity index (χ1n) is 7.13. The minimum absolute atomic E-state index is 0.0382. The molecule has 0 radical (unpaired) electrons. The van der Waals surface area contributed by atoms with Crippen molar-refractivity contribution in [3.63, 3.8) is 0 Å². The molecule has 1 heterocycles. The first-order valence-corrected chi connectivity index (χ1v) is 7.51. The highest BCUT2D eigenvalue weighted by Crippen LogP contribution is 2.23. The van der Waals surface area contributed by atoms with E-state index in [0.717, 1.165) is 24.3 Å². The summed E-state index contributed by atoms with van der Waals surface area (Å²) in [7, 11) is 0. The molecule has 138 valence electrons. The van der Waals surface area contributed by atoms with Gasteiger partial charge in [-0.3, -0.25) is 4.79 Å². The molecule has 10 heteroatoms. The molecule has 1 aromatic carbocycles. The number of carbonyl (C=O) groups is 2. The molecule has 0 saturated heterocycles. The number of esters is 1. The van der Waals surface area contributed by atoms with Crippen molar-refractivity contribution in [2.45, 2.75) is 19.4 Å². The fourth-order valence-electron chi connectivity index (χ4n) is 1.75. The van der Waals surface area contributed by atoms with Crippen LogP contribution < -0.4 is 10.1 Å². The van der Waals surface area contributed by atoms with Crippen LogP contribution in [-0.4, -0.2) is 29.3 Å². The lowest BCUT2D eigenvalue weighted by Crippen LogP contribution is -2.30. The van der Waals surface area contributed by atoms with Crippen LogP contribution in [0, 0.1) is 0 Å². The van der Waals surface area contributed by atoms with Crippen molar-refractivity contribution in [3.05, 3.63) is 53.2 Å². The Kier molecular flexibility index (Phi) is 6.04. The number of carbonyl (C=O) groups excluding carboxylic acids is 2. The summed E-state index contributed by atoms with van der Waals surface area (Å²) in [5.74, 6) is -1.77. The second-order valence-corrected chi connectivity index (χ2v) is 5.41.